The third-order valence-electron chi connectivity index (χ3n) is 3.99. The third-order valence-corrected chi connectivity index (χ3v) is 5.06. The van der Waals surface area contributed by atoms with Crippen molar-refractivity contribution in [1.29, 1.82) is 0 Å². The van der Waals surface area contributed by atoms with Crippen LogP contribution in [0.1, 0.15) is 41.8 Å². The van der Waals surface area contributed by atoms with Crippen molar-refractivity contribution in [2.24, 2.45) is 5.92 Å². The van der Waals surface area contributed by atoms with Crippen molar-refractivity contribution in [3.05, 3.63) is 41.5 Å². The molecule has 1 aromatic carbocycles. The summed E-state index contributed by atoms with van der Waals surface area (Å²) in [5, 5.41) is 3.90. The van der Waals surface area contributed by atoms with Gasteiger partial charge in [-0.15, -0.1) is 11.8 Å². The summed E-state index contributed by atoms with van der Waals surface area (Å²) in [4.78, 5) is 20.0. The molecule has 1 aromatic heterocycles. The fraction of sp³-hybridized carbons (Fsp3) is 0.471. The maximum atomic E-state index is 12.8. The molecule has 2 aromatic rings. The molecule has 0 N–H and O–H groups in total. The number of likely N-dealkylation sites (tertiary alicyclic amines) is 1. The molecule has 6 heteroatoms. The second-order valence-corrected chi connectivity index (χ2v) is 7.03. The van der Waals surface area contributed by atoms with E-state index in [0.29, 0.717) is 23.4 Å². The Labute approximate surface area is 140 Å². The number of hydrogen-bond donors (Lipinski definition) is 0. The van der Waals surface area contributed by atoms with Crippen LogP contribution in [0, 0.1) is 12.8 Å². The molecule has 1 amide bonds. The lowest BCUT2D eigenvalue weighted by Crippen LogP contribution is -2.39. The van der Waals surface area contributed by atoms with E-state index >= 15 is 0 Å². The van der Waals surface area contributed by atoms with Crippen molar-refractivity contribution < 1.29 is 9.32 Å². The van der Waals surface area contributed by atoms with Crippen LogP contribution < -0.4 is 0 Å². The number of piperidine rings is 1. The van der Waals surface area contributed by atoms with E-state index in [1.165, 1.54) is 6.42 Å². The molecule has 23 heavy (non-hydrogen) atoms. The Hall–Kier alpha value is -1.82. The second-order valence-electron chi connectivity index (χ2n) is 6.01. The molecule has 1 aliphatic rings. The number of carbonyl (C=O) groups excluding carboxylic acids is 1. The topological polar surface area (TPSA) is 59.2 Å². The summed E-state index contributed by atoms with van der Waals surface area (Å²) < 4.78 is 4.99. The minimum Gasteiger partial charge on any atom is -0.340 e. The first-order chi connectivity index (χ1) is 11.1. The SMILES string of the molecule is Cc1nc(CSc2ccccc2C(=O)N2CCCC(C)C2)no1. The predicted molar refractivity (Wildman–Crippen MR) is 89.3 cm³/mol. The van der Waals surface area contributed by atoms with Crippen molar-refractivity contribution >= 4 is 17.7 Å². The highest BCUT2D eigenvalue weighted by molar-refractivity contribution is 7.98. The van der Waals surface area contributed by atoms with Gasteiger partial charge in [0.05, 0.1) is 11.3 Å². The Morgan fingerprint density at radius 1 is 1.43 bits per heavy atom. The molecule has 1 saturated heterocycles. The summed E-state index contributed by atoms with van der Waals surface area (Å²) in [6.45, 7) is 5.68. The molecule has 1 atom stereocenters. The highest BCUT2D eigenvalue weighted by Gasteiger charge is 2.23. The summed E-state index contributed by atoms with van der Waals surface area (Å²) in [6, 6.07) is 7.77. The normalized spacial score (nSPS) is 18.2. The summed E-state index contributed by atoms with van der Waals surface area (Å²) >= 11 is 1.57. The van der Waals surface area contributed by atoms with Crippen molar-refractivity contribution in [1.82, 2.24) is 15.0 Å². The van der Waals surface area contributed by atoms with Gasteiger partial charge in [0.15, 0.2) is 5.82 Å². The van der Waals surface area contributed by atoms with Gasteiger partial charge in [0.1, 0.15) is 0 Å². The molecule has 0 aliphatic carbocycles. The average molecular weight is 331 g/mol. The van der Waals surface area contributed by atoms with Crippen LogP contribution >= 0.6 is 11.8 Å². The Balaban J connectivity index is 1.73. The van der Waals surface area contributed by atoms with E-state index in [1.807, 2.05) is 29.2 Å². The molecule has 1 unspecified atom stereocenters. The Kier molecular flexibility index (Phi) is 5.00. The Morgan fingerprint density at radius 3 is 3.00 bits per heavy atom. The zero-order valence-electron chi connectivity index (χ0n) is 13.5. The Morgan fingerprint density at radius 2 is 2.26 bits per heavy atom. The number of hydrogen-bond acceptors (Lipinski definition) is 5. The van der Waals surface area contributed by atoms with E-state index in [2.05, 4.69) is 17.1 Å². The summed E-state index contributed by atoms with van der Waals surface area (Å²) in [5.74, 6) is 2.52. The van der Waals surface area contributed by atoms with E-state index in [9.17, 15) is 4.79 Å². The lowest BCUT2D eigenvalue weighted by Gasteiger charge is -2.31. The zero-order valence-corrected chi connectivity index (χ0v) is 14.3. The maximum Gasteiger partial charge on any atom is 0.254 e. The lowest BCUT2D eigenvalue weighted by molar-refractivity contribution is 0.0679. The van der Waals surface area contributed by atoms with Gasteiger partial charge in [0, 0.05) is 24.9 Å². The van der Waals surface area contributed by atoms with Gasteiger partial charge < -0.3 is 9.42 Å². The first kappa shape index (κ1) is 16.1. The highest BCUT2D eigenvalue weighted by Crippen LogP contribution is 2.27. The van der Waals surface area contributed by atoms with Gasteiger partial charge in [-0.2, -0.15) is 4.98 Å². The quantitative estimate of drug-likeness (QED) is 0.802. The van der Waals surface area contributed by atoms with E-state index in [0.717, 1.165) is 30.0 Å². The summed E-state index contributed by atoms with van der Waals surface area (Å²) in [7, 11) is 0. The standard InChI is InChI=1S/C17H21N3O2S/c1-12-6-5-9-20(10-12)17(21)14-7-3-4-8-15(14)23-11-16-18-13(2)22-19-16/h3-4,7-8,12H,5-6,9-11H2,1-2H3. The molecule has 1 aliphatic heterocycles. The van der Waals surface area contributed by atoms with Crippen LogP contribution in [-0.4, -0.2) is 34.0 Å². The van der Waals surface area contributed by atoms with Crippen LogP contribution in [0.4, 0.5) is 0 Å². The fourth-order valence-corrected chi connectivity index (χ4v) is 3.74. The molecule has 2 heterocycles. The van der Waals surface area contributed by atoms with Crippen LogP contribution in [0.3, 0.4) is 0 Å². The number of aryl methyl sites for hydroxylation is 1. The minimum absolute atomic E-state index is 0.129. The van der Waals surface area contributed by atoms with Gasteiger partial charge in [-0.3, -0.25) is 4.79 Å². The first-order valence-corrected chi connectivity index (χ1v) is 8.92. The van der Waals surface area contributed by atoms with Gasteiger partial charge >= 0.3 is 0 Å². The van der Waals surface area contributed by atoms with Crippen molar-refractivity contribution in [3.8, 4) is 0 Å². The molecule has 0 saturated carbocycles. The van der Waals surface area contributed by atoms with Gasteiger partial charge in [-0.1, -0.05) is 24.2 Å². The fourth-order valence-electron chi connectivity index (χ4n) is 2.86. The van der Waals surface area contributed by atoms with Gasteiger partial charge in [0.2, 0.25) is 5.89 Å². The maximum absolute atomic E-state index is 12.8. The molecule has 3 rings (SSSR count). The number of thioether (sulfide) groups is 1. The number of carbonyl (C=O) groups is 1. The molecular weight excluding hydrogens is 310 g/mol. The molecular formula is C17H21N3O2S. The van der Waals surface area contributed by atoms with Crippen LogP contribution in [0.15, 0.2) is 33.7 Å². The van der Waals surface area contributed by atoms with E-state index in [1.54, 1.807) is 18.7 Å². The van der Waals surface area contributed by atoms with Crippen molar-refractivity contribution in [3.63, 3.8) is 0 Å². The summed E-state index contributed by atoms with van der Waals surface area (Å²) in [5.41, 5.74) is 0.770. The monoisotopic (exact) mass is 331 g/mol. The molecule has 1 fully saturated rings. The smallest absolute Gasteiger partial charge is 0.254 e. The largest absolute Gasteiger partial charge is 0.340 e. The van der Waals surface area contributed by atoms with E-state index < -0.39 is 0 Å². The van der Waals surface area contributed by atoms with Crippen molar-refractivity contribution in [2.75, 3.05) is 13.1 Å². The number of amides is 1. The van der Waals surface area contributed by atoms with Crippen LogP contribution in [0.2, 0.25) is 0 Å². The number of benzene rings is 1. The second kappa shape index (κ2) is 7.17. The van der Waals surface area contributed by atoms with Gasteiger partial charge in [-0.05, 0) is 30.9 Å². The zero-order chi connectivity index (χ0) is 16.2. The molecule has 0 radical (unpaired) electrons. The predicted octanol–water partition coefficient (Wildman–Crippen LogP) is 3.54. The van der Waals surface area contributed by atoms with Crippen LogP contribution in [-0.2, 0) is 5.75 Å². The van der Waals surface area contributed by atoms with Crippen LogP contribution in [0.5, 0.6) is 0 Å². The molecule has 5 nitrogen and oxygen atoms in total. The number of nitrogens with zero attached hydrogens (tertiary/aromatic N) is 3. The van der Waals surface area contributed by atoms with Gasteiger partial charge in [0.25, 0.3) is 5.91 Å². The first-order valence-electron chi connectivity index (χ1n) is 7.94. The van der Waals surface area contributed by atoms with Gasteiger partial charge in [-0.25, -0.2) is 0 Å². The molecule has 0 bridgehead atoms. The van der Waals surface area contributed by atoms with E-state index in [4.69, 9.17) is 4.52 Å². The number of rotatable bonds is 4. The third kappa shape index (κ3) is 3.93. The minimum atomic E-state index is 0.129. The Bertz CT molecular complexity index is 686. The lowest BCUT2D eigenvalue weighted by atomic mass is 9.99. The highest BCUT2D eigenvalue weighted by atomic mass is 32.2. The number of aromatic nitrogens is 2. The van der Waals surface area contributed by atoms with Crippen molar-refractivity contribution in [2.45, 2.75) is 37.3 Å². The average Bonchev–Trinajstić information content (AvgIpc) is 2.98. The summed E-state index contributed by atoms with van der Waals surface area (Å²) in [6.07, 6.45) is 2.29. The van der Waals surface area contributed by atoms with Crippen LogP contribution in [0.25, 0.3) is 0 Å². The van der Waals surface area contributed by atoms with E-state index in [-0.39, 0.29) is 5.91 Å². The molecule has 0 spiro atoms. The molecule has 122 valence electrons.